The van der Waals surface area contributed by atoms with E-state index in [0.717, 1.165) is 5.56 Å². The van der Waals surface area contributed by atoms with Crippen molar-refractivity contribution in [2.75, 3.05) is 5.32 Å². The van der Waals surface area contributed by atoms with Crippen LogP contribution in [0.2, 0.25) is 0 Å². The third kappa shape index (κ3) is 3.74. The van der Waals surface area contributed by atoms with Gasteiger partial charge in [-0.1, -0.05) is 30.3 Å². The number of hydrogen-bond acceptors (Lipinski definition) is 4. The van der Waals surface area contributed by atoms with Crippen molar-refractivity contribution in [2.45, 2.75) is 13.1 Å². The molecule has 0 aliphatic rings. The highest BCUT2D eigenvalue weighted by molar-refractivity contribution is 5.93. The van der Waals surface area contributed by atoms with Gasteiger partial charge in [0, 0.05) is 24.5 Å². The molecule has 0 fully saturated rings. The minimum atomic E-state index is -0.977. The fourth-order valence-electron chi connectivity index (χ4n) is 2.27. The largest absolute Gasteiger partial charge is 0.478 e. The normalized spacial score (nSPS) is 10.4. The molecule has 0 aliphatic heterocycles. The van der Waals surface area contributed by atoms with Crippen LogP contribution in [0.15, 0.2) is 61.2 Å². The molecule has 0 bridgehead atoms. The molecule has 3 rings (SSSR count). The topological polar surface area (TPSA) is 80.0 Å². The Balaban J connectivity index is 1.65. The SMILES string of the molecule is O=C(O)c1ccncc1NCc1cnn(Cc2ccccc2)c1. The van der Waals surface area contributed by atoms with Crippen molar-refractivity contribution in [1.82, 2.24) is 14.8 Å². The van der Waals surface area contributed by atoms with E-state index in [4.69, 9.17) is 5.11 Å². The number of carbonyl (C=O) groups is 1. The first-order chi connectivity index (χ1) is 11.2. The van der Waals surface area contributed by atoms with E-state index in [2.05, 4.69) is 15.4 Å². The Morgan fingerprint density at radius 2 is 1.96 bits per heavy atom. The van der Waals surface area contributed by atoms with Gasteiger partial charge in [-0.15, -0.1) is 0 Å². The quantitative estimate of drug-likeness (QED) is 0.732. The van der Waals surface area contributed by atoms with Crippen LogP contribution in [0, 0.1) is 0 Å². The lowest BCUT2D eigenvalue weighted by Gasteiger charge is -2.07. The standard InChI is InChI=1S/C17H16N4O2/c22-17(23)15-6-7-18-10-16(15)19-8-14-9-20-21(12-14)11-13-4-2-1-3-5-13/h1-7,9-10,12,19H,8,11H2,(H,22,23). The highest BCUT2D eigenvalue weighted by Gasteiger charge is 2.09. The van der Waals surface area contributed by atoms with Crippen LogP contribution in [-0.2, 0) is 13.1 Å². The summed E-state index contributed by atoms with van der Waals surface area (Å²) in [6, 6.07) is 11.6. The Hall–Kier alpha value is -3.15. The van der Waals surface area contributed by atoms with E-state index < -0.39 is 5.97 Å². The minimum Gasteiger partial charge on any atom is -0.478 e. The summed E-state index contributed by atoms with van der Waals surface area (Å²) in [6.45, 7) is 1.19. The Morgan fingerprint density at radius 1 is 1.13 bits per heavy atom. The van der Waals surface area contributed by atoms with Gasteiger partial charge < -0.3 is 10.4 Å². The van der Waals surface area contributed by atoms with Crippen LogP contribution in [0.5, 0.6) is 0 Å². The van der Waals surface area contributed by atoms with Gasteiger partial charge in [-0.3, -0.25) is 9.67 Å². The summed E-state index contributed by atoms with van der Waals surface area (Å²) in [6.07, 6.45) is 6.69. The van der Waals surface area contributed by atoms with Crippen molar-refractivity contribution in [2.24, 2.45) is 0 Å². The summed E-state index contributed by atoms with van der Waals surface area (Å²) >= 11 is 0. The van der Waals surface area contributed by atoms with E-state index in [1.807, 2.05) is 41.2 Å². The Morgan fingerprint density at radius 3 is 2.74 bits per heavy atom. The van der Waals surface area contributed by atoms with Gasteiger partial charge in [0.05, 0.1) is 30.2 Å². The van der Waals surface area contributed by atoms with Crippen LogP contribution in [0.25, 0.3) is 0 Å². The number of carboxylic acids is 1. The third-order valence-electron chi connectivity index (χ3n) is 3.41. The number of benzene rings is 1. The Bertz CT molecular complexity index is 799. The molecule has 3 aromatic rings. The van der Waals surface area contributed by atoms with E-state index in [9.17, 15) is 4.79 Å². The minimum absolute atomic E-state index is 0.205. The van der Waals surface area contributed by atoms with Gasteiger partial charge in [0.25, 0.3) is 0 Å². The van der Waals surface area contributed by atoms with Gasteiger partial charge in [0.2, 0.25) is 0 Å². The zero-order valence-corrected chi connectivity index (χ0v) is 12.4. The summed E-state index contributed by atoms with van der Waals surface area (Å²) in [7, 11) is 0. The van der Waals surface area contributed by atoms with E-state index >= 15 is 0 Å². The second-order valence-corrected chi connectivity index (χ2v) is 5.11. The van der Waals surface area contributed by atoms with Crippen LogP contribution >= 0.6 is 0 Å². The first-order valence-electron chi connectivity index (χ1n) is 7.19. The van der Waals surface area contributed by atoms with Gasteiger partial charge in [0.1, 0.15) is 0 Å². The number of hydrogen-bond donors (Lipinski definition) is 2. The number of aromatic carboxylic acids is 1. The summed E-state index contributed by atoms with van der Waals surface area (Å²) in [4.78, 5) is 15.1. The molecule has 0 saturated carbocycles. The van der Waals surface area contributed by atoms with E-state index in [1.165, 1.54) is 24.0 Å². The summed E-state index contributed by atoms with van der Waals surface area (Å²) < 4.78 is 1.85. The van der Waals surface area contributed by atoms with Gasteiger partial charge in [-0.25, -0.2) is 4.79 Å². The lowest BCUT2D eigenvalue weighted by molar-refractivity contribution is 0.0698. The van der Waals surface area contributed by atoms with Crippen LogP contribution in [0.4, 0.5) is 5.69 Å². The smallest absolute Gasteiger partial charge is 0.337 e. The fourth-order valence-corrected chi connectivity index (χ4v) is 2.27. The van der Waals surface area contributed by atoms with Gasteiger partial charge in [-0.05, 0) is 11.6 Å². The highest BCUT2D eigenvalue weighted by Crippen LogP contribution is 2.14. The maximum absolute atomic E-state index is 11.2. The molecule has 0 amide bonds. The molecule has 23 heavy (non-hydrogen) atoms. The van der Waals surface area contributed by atoms with Crippen molar-refractivity contribution in [3.63, 3.8) is 0 Å². The molecule has 0 aliphatic carbocycles. The van der Waals surface area contributed by atoms with Gasteiger partial charge >= 0.3 is 5.97 Å². The van der Waals surface area contributed by atoms with Crippen molar-refractivity contribution in [1.29, 1.82) is 0 Å². The molecule has 0 unspecified atom stereocenters. The van der Waals surface area contributed by atoms with Crippen molar-refractivity contribution < 1.29 is 9.90 Å². The molecular formula is C17H16N4O2. The molecule has 0 atom stereocenters. The molecule has 0 spiro atoms. The average Bonchev–Trinajstić information content (AvgIpc) is 3.01. The molecule has 1 aromatic carbocycles. The first-order valence-corrected chi connectivity index (χ1v) is 7.19. The number of nitrogens with one attached hydrogen (secondary N) is 1. The molecule has 116 valence electrons. The first kappa shape index (κ1) is 14.8. The van der Waals surface area contributed by atoms with E-state index in [1.54, 1.807) is 6.20 Å². The molecule has 0 radical (unpaired) electrons. The predicted octanol–water partition coefficient (Wildman–Crippen LogP) is 2.64. The van der Waals surface area contributed by atoms with Crippen LogP contribution in [0.1, 0.15) is 21.5 Å². The van der Waals surface area contributed by atoms with Crippen LogP contribution in [-0.4, -0.2) is 25.8 Å². The lowest BCUT2D eigenvalue weighted by atomic mass is 10.2. The van der Waals surface area contributed by atoms with Crippen molar-refractivity contribution >= 4 is 11.7 Å². The summed E-state index contributed by atoms with van der Waals surface area (Å²) in [5.74, 6) is -0.977. The van der Waals surface area contributed by atoms with Crippen molar-refractivity contribution in [3.05, 3.63) is 77.9 Å². The maximum atomic E-state index is 11.2. The molecule has 6 nitrogen and oxygen atoms in total. The number of pyridine rings is 1. The summed E-state index contributed by atoms with van der Waals surface area (Å²) in [5, 5.41) is 16.6. The van der Waals surface area contributed by atoms with E-state index in [-0.39, 0.29) is 5.56 Å². The predicted molar refractivity (Wildman–Crippen MR) is 86.3 cm³/mol. The molecular weight excluding hydrogens is 292 g/mol. The number of anilines is 1. The highest BCUT2D eigenvalue weighted by atomic mass is 16.4. The van der Waals surface area contributed by atoms with Crippen molar-refractivity contribution in [3.8, 4) is 0 Å². The molecule has 0 saturated heterocycles. The number of rotatable bonds is 6. The monoisotopic (exact) mass is 308 g/mol. The average molecular weight is 308 g/mol. The number of carboxylic acid groups (broad SMARTS) is 1. The Labute approximate surface area is 133 Å². The molecule has 2 aromatic heterocycles. The molecule has 2 heterocycles. The lowest BCUT2D eigenvalue weighted by Crippen LogP contribution is -2.06. The molecule has 6 heteroatoms. The second kappa shape index (κ2) is 6.74. The number of aromatic nitrogens is 3. The van der Waals surface area contributed by atoms with Gasteiger partial charge in [-0.2, -0.15) is 5.10 Å². The third-order valence-corrected chi connectivity index (χ3v) is 3.41. The van der Waals surface area contributed by atoms with Crippen LogP contribution < -0.4 is 5.32 Å². The zero-order chi connectivity index (χ0) is 16.1. The van der Waals surface area contributed by atoms with E-state index in [0.29, 0.717) is 18.8 Å². The number of nitrogens with zero attached hydrogens (tertiary/aromatic N) is 3. The molecule has 2 N–H and O–H groups in total. The van der Waals surface area contributed by atoms with Crippen LogP contribution in [0.3, 0.4) is 0 Å². The summed E-state index contributed by atoms with van der Waals surface area (Å²) in [5.41, 5.74) is 2.85. The van der Waals surface area contributed by atoms with Gasteiger partial charge in [0.15, 0.2) is 0 Å². The zero-order valence-electron chi connectivity index (χ0n) is 12.4. The second-order valence-electron chi connectivity index (χ2n) is 5.11. The fraction of sp³-hybridized carbons (Fsp3) is 0.118. The maximum Gasteiger partial charge on any atom is 0.337 e. The Kier molecular flexibility index (Phi) is 4.33.